The molecule has 1 atom stereocenters. The SMILES string of the molecule is COCC(Nc1cccc(CN2CCC(CO)CC2)c1)C1CC1. The van der Waals surface area contributed by atoms with Gasteiger partial charge < -0.3 is 15.2 Å². The smallest absolute Gasteiger partial charge is 0.0666 e. The maximum absolute atomic E-state index is 9.24. The van der Waals surface area contributed by atoms with Gasteiger partial charge in [0.25, 0.3) is 0 Å². The van der Waals surface area contributed by atoms with Crippen LogP contribution < -0.4 is 5.32 Å². The summed E-state index contributed by atoms with van der Waals surface area (Å²) in [5.41, 5.74) is 2.58. The molecule has 1 aliphatic heterocycles. The number of likely N-dealkylation sites (tertiary alicyclic amines) is 1. The monoisotopic (exact) mass is 318 g/mol. The van der Waals surface area contributed by atoms with Crippen LogP contribution in [0.15, 0.2) is 24.3 Å². The molecule has 0 radical (unpaired) electrons. The number of aliphatic hydroxyl groups excluding tert-OH is 1. The fraction of sp³-hybridized carbons (Fsp3) is 0.684. The first-order valence-corrected chi connectivity index (χ1v) is 8.96. The molecule has 1 aromatic rings. The van der Waals surface area contributed by atoms with Crippen LogP contribution in [0.3, 0.4) is 0 Å². The van der Waals surface area contributed by atoms with Gasteiger partial charge in [0.15, 0.2) is 0 Å². The minimum atomic E-state index is 0.343. The predicted molar refractivity (Wildman–Crippen MR) is 93.5 cm³/mol. The zero-order valence-corrected chi connectivity index (χ0v) is 14.2. The van der Waals surface area contributed by atoms with Crippen molar-refractivity contribution in [3.63, 3.8) is 0 Å². The van der Waals surface area contributed by atoms with E-state index in [-0.39, 0.29) is 0 Å². The number of benzene rings is 1. The van der Waals surface area contributed by atoms with Crippen LogP contribution in [0.25, 0.3) is 0 Å². The molecular weight excluding hydrogens is 288 g/mol. The number of hydrogen-bond acceptors (Lipinski definition) is 4. The van der Waals surface area contributed by atoms with Crippen molar-refractivity contribution in [1.29, 1.82) is 0 Å². The summed E-state index contributed by atoms with van der Waals surface area (Å²) in [6.45, 7) is 4.32. The van der Waals surface area contributed by atoms with Gasteiger partial charge in [-0.2, -0.15) is 0 Å². The number of piperidine rings is 1. The molecule has 4 nitrogen and oxygen atoms in total. The average molecular weight is 318 g/mol. The number of hydrogen-bond donors (Lipinski definition) is 2. The minimum Gasteiger partial charge on any atom is -0.396 e. The lowest BCUT2D eigenvalue weighted by atomic mass is 9.97. The molecule has 2 fully saturated rings. The Balaban J connectivity index is 1.54. The fourth-order valence-electron chi connectivity index (χ4n) is 3.53. The highest BCUT2D eigenvalue weighted by atomic mass is 16.5. The van der Waals surface area contributed by atoms with Crippen molar-refractivity contribution in [3.8, 4) is 0 Å². The lowest BCUT2D eigenvalue weighted by molar-refractivity contribution is 0.127. The Morgan fingerprint density at radius 1 is 1.26 bits per heavy atom. The van der Waals surface area contributed by atoms with Crippen LogP contribution in [-0.4, -0.2) is 49.5 Å². The van der Waals surface area contributed by atoms with Crippen LogP contribution in [0.1, 0.15) is 31.2 Å². The number of methoxy groups -OCH3 is 1. The third-order valence-corrected chi connectivity index (χ3v) is 5.19. The standard InChI is InChI=1S/C19H30N2O2/c1-23-14-19(17-5-6-17)20-18-4-2-3-16(11-18)12-21-9-7-15(13-22)8-10-21/h2-4,11,15,17,19-20,22H,5-10,12-14H2,1H3. The summed E-state index contributed by atoms with van der Waals surface area (Å²) in [4.78, 5) is 2.50. The van der Waals surface area contributed by atoms with Crippen molar-refractivity contribution in [2.75, 3.05) is 38.7 Å². The maximum atomic E-state index is 9.24. The molecule has 0 spiro atoms. The Morgan fingerprint density at radius 2 is 2.04 bits per heavy atom. The summed E-state index contributed by atoms with van der Waals surface area (Å²) in [5.74, 6) is 1.28. The number of rotatable bonds is 8. The van der Waals surface area contributed by atoms with Crippen molar-refractivity contribution in [2.24, 2.45) is 11.8 Å². The van der Waals surface area contributed by atoms with E-state index in [1.54, 1.807) is 7.11 Å². The van der Waals surface area contributed by atoms with Gasteiger partial charge in [0.2, 0.25) is 0 Å². The van der Waals surface area contributed by atoms with Crippen molar-refractivity contribution >= 4 is 5.69 Å². The van der Waals surface area contributed by atoms with Crippen molar-refractivity contribution < 1.29 is 9.84 Å². The van der Waals surface area contributed by atoms with Gasteiger partial charge in [0, 0.05) is 25.9 Å². The summed E-state index contributed by atoms with van der Waals surface area (Å²) >= 11 is 0. The second-order valence-corrected chi connectivity index (χ2v) is 7.15. The van der Waals surface area contributed by atoms with E-state index in [0.717, 1.165) is 45.0 Å². The second kappa shape index (κ2) is 8.13. The molecular formula is C19H30N2O2. The lowest BCUT2D eigenvalue weighted by Gasteiger charge is -2.31. The van der Waals surface area contributed by atoms with Gasteiger partial charge in [-0.1, -0.05) is 12.1 Å². The summed E-state index contributed by atoms with van der Waals surface area (Å²) < 4.78 is 5.36. The van der Waals surface area contributed by atoms with Crippen LogP contribution in [0, 0.1) is 11.8 Å². The number of anilines is 1. The summed E-state index contributed by atoms with van der Waals surface area (Å²) in [5, 5.41) is 12.9. The van der Waals surface area contributed by atoms with E-state index in [9.17, 15) is 5.11 Å². The van der Waals surface area contributed by atoms with Crippen LogP contribution >= 0.6 is 0 Å². The summed E-state index contributed by atoms with van der Waals surface area (Å²) in [6, 6.07) is 9.24. The predicted octanol–water partition coefficient (Wildman–Crippen LogP) is 2.73. The molecule has 0 bridgehead atoms. The van der Waals surface area contributed by atoms with Crippen LogP contribution in [0.4, 0.5) is 5.69 Å². The van der Waals surface area contributed by atoms with Crippen LogP contribution in [0.2, 0.25) is 0 Å². The third kappa shape index (κ3) is 4.93. The molecule has 1 saturated heterocycles. The van der Waals surface area contributed by atoms with E-state index in [1.807, 2.05) is 0 Å². The molecule has 1 aromatic carbocycles. The molecule has 4 heteroatoms. The topological polar surface area (TPSA) is 44.7 Å². The van der Waals surface area contributed by atoms with Crippen molar-refractivity contribution in [1.82, 2.24) is 4.90 Å². The average Bonchev–Trinajstić information content (AvgIpc) is 3.40. The molecule has 1 aliphatic carbocycles. The zero-order valence-electron chi connectivity index (χ0n) is 14.2. The molecule has 2 N–H and O–H groups in total. The van der Waals surface area contributed by atoms with Gasteiger partial charge in [-0.3, -0.25) is 4.90 Å². The van der Waals surface area contributed by atoms with E-state index in [0.29, 0.717) is 18.6 Å². The Kier molecular flexibility index (Phi) is 5.92. The normalized spacial score (nSPS) is 21.3. The molecule has 0 aromatic heterocycles. The van der Waals surface area contributed by atoms with Gasteiger partial charge in [0.1, 0.15) is 0 Å². The summed E-state index contributed by atoms with van der Waals surface area (Å²) in [6.07, 6.45) is 4.87. The van der Waals surface area contributed by atoms with Crippen molar-refractivity contribution in [3.05, 3.63) is 29.8 Å². The first-order chi connectivity index (χ1) is 11.3. The van der Waals surface area contributed by atoms with Gasteiger partial charge in [-0.05, 0) is 68.3 Å². The molecule has 0 amide bonds. The van der Waals surface area contributed by atoms with Crippen LogP contribution in [-0.2, 0) is 11.3 Å². The Hall–Kier alpha value is -1.10. The van der Waals surface area contributed by atoms with Gasteiger partial charge in [-0.15, -0.1) is 0 Å². The first-order valence-electron chi connectivity index (χ1n) is 8.96. The lowest BCUT2D eigenvalue weighted by Crippen LogP contribution is -2.34. The van der Waals surface area contributed by atoms with Gasteiger partial charge in [-0.25, -0.2) is 0 Å². The molecule has 1 saturated carbocycles. The third-order valence-electron chi connectivity index (χ3n) is 5.19. The molecule has 1 unspecified atom stereocenters. The highest BCUT2D eigenvalue weighted by Crippen LogP contribution is 2.34. The molecule has 3 rings (SSSR count). The number of aliphatic hydroxyl groups is 1. The second-order valence-electron chi connectivity index (χ2n) is 7.15. The molecule has 2 aliphatic rings. The van der Waals surface area contributed by atoms with Crippen molar-refractivity contribution in [2.45, 2.75) is 38.3 Å². The fourth-order valence-corrected chi connectivity index (χ4v) is 3.53. The van der Waals surface area contributed by atoms with Gasteiger partial charge >= 0.3 is 0 Å². The molecule has 1 heterocycles. The van der Waals surface area contributed by atoms with E-state index in [2.05, 4.69) is 34.5 Å². The first kappa shape index (κ1) is 16.7. The molecule has 128 valence electrons. The number of nitrogens with one attached hydrogen (secondary N) is 1. The van der Waals surface area contributed by atoms with Crippen LogP contribution in [0.5, 0.6) is 0 Å². The Bertz CT molecular complexity index is 482. The zero-order chi connectivity index (χ0) is 16.1. The van der Waals surface area contributed by atoms with Gasteiger partial charge in [0.05, 0.1) is 12.6 Å². The quantitative estimate of drug-likeness (QED) is 0.773. The maximum Gasteiger partial charge on any atom is 0.0666 e. The Morgan fingerprint density at radius 3 is 2.70 bits per heavy atom. The highest BCUT2D eigenvalue weighted by molar-refractivity contribution is 5.47. The van der Waals surface area contributed by atoms with E-state index in [4.69, 9.17) is 4.74 Å². The number of ether oxygens (including phenoxy) is 1. The largest absolute Gasteiger partial charge is 0.396 e. The molecule has 23 heavy (non-hydrogen) atoms. The minimum absolute atomic E-state index is 0.343. The highest BCUT2D eigenvalue weighted by Gasteiger charge is 2.31. The van der Waals surface area contributed by atoms with E-state index >= 15 is 0 Å². The Labute approximate surface area is 139 Å². The number of nitrogens with zero attached hydrogens (tertiary/aromatic N) is 1. The summed E-state index contributed by atoms with van der Waals surface area (Å²) in [7, 11) is 1.78. The van der Waals surface area contributed by atoms with E-state index < -0.39 is 0 Å². The van der Waals surface area contributed by atoms with E-state index in [1.165, 1.54) is 24.1 Å².